The first-order valence-electron chi connectivity index (χ1n) is 7.41. The van der Waals surface area contributed by atoms with E-state index in [9.17, 15) is 9.59 Å². The van der Waals surface area contributed by atoms with E-state index in [2.05, 4.69) is 15.5 Å². The highest BCUT2D eigenvalue weighted by Crippen LogP contribution is 2.26. The lowest BCUT2D eigenvalue weighted by atomic mass is 10.1. The van der Waals surface area contributed by atoms with Crippen LogP contribution in [0.25, 0.3) is 11.3 Å². The maximum atomic E-state index is 11.8. The molecule has 1 amide bonds. The molecule has 0 aliphatic rings. The number of carboxylic acids is 1. The van der Waals surface area contributed by atoms with Crippen LogP contribution in [0.5, 0.6) is 0 Å². The van der Waals surface area contributed by atoms with Gasteiger partial charge >= 0.3 is 5.97 Å². The number of furan rings is 1. The third-order valence-corrected chi connectivity index (χ3v) is 3.72. The van der Waals surface area contributed by atoms with E-state index < -0.39 is 11.9 Å². The molecule has 2 aromatic heterocycles. The molecule has 8 heteroatoms. The predicted octanol–water partition coefficient (Wildman–Crippen LogP) is 3.46. The van der Waals surface area contributed by atoms with Crippen LogP contribution in [-0.4, -0.2) is 28.2 Å². The van der Waals surface area contributed by atoms with Gasteiger partial charge in [0, 0.05) is 18.0 Å². The van der Waals surface area contributed by atoms with Gasteiger partial charge in [-0.1, -0.05) is 11.6 Å². The molecule has 7 nitrogen and oxygen atoms in total. The van der Waals surface area contributed by atoms with Crippen LogP contribution < -0.4 is 5.43 Å². The number of rotatable bonds is 5. The second-order valence-electron chi connectivity index (χ2n) is 5.14. The summed E-state index contributed by atoms with van der Waals surface area (Å²) in [5.74, 6) is -0.684. The number of amides is 1. The summed E-state index contributed by atoms with van der Waals surface area (Å²) in [4.78, 5) is 26.8. The molecule has 1 aromatic carbocycles. The van der Waals surface area contributed by atoms with Crippen LogP contribution in [0.4, 0.5) is 0 Å². The van der Waals surface area contributed by atoms with Crippen LogP contribution in [0.15, 0.2) is 64.4 Å². The number of carbonyl (C=O) groups is 2. The number of aromatic nitrogens is 1. The average molecular weight is 370 g/mol. The van der Waals surface area contributed by atoms with Crippen molar-refractivity contribution >= 4 is 29.7 Å². The van der Waals surface area contributed by atoms with Crippen LogP contribution in [0.2, 0.25) is 5.02 Å². The van der Waals surface area contributed by atoms with Gasteiger partial charge in [-0.25, -0.2) is 10.2 Å². The zero-order valence-corrected chi connectivity index (χ0v) is 14.0. The molecule has 3 rings (SSSR count). The Labute approximate surface area is 152 Å². The fraction of sp³-hybridized carbons (Fsp3) is 0. The van der Waals surface area contributed by atoms with Crippen LogP contribution in [-0.2, 0) is 0 Å². The summed E-state index contributed by atoms with van der Waals surface area (Å²) < 4.78 is 5.58. The van der Waals surface area contributed by atoms with Crippen LogP contribution in [0.3, 0.4) is 0 Å². The zero-order valence-electron chi connectivity index (χ0n) is 13.2. The minimum atomic E-state index is -1.12. The Morgan fingerprint density at radius 2 is 2.08 bits per heavy atom. The molecule has 0 spiro atoms. The normalized spacial score (nSPS) is 10.8. The second-order valence-corrected chi connectivity index (χ2v) is 5.55. The van der Waals surface area contributed by atoms with E-state index in [0.29, 0.717) is 22.6 Å². The summed E-state index contributed by atoms with van der Waals surface area (Å²) in [7, 11) is 0. The van der Waals surface area contributed by atoms with Crippen LogP contribution in [0, 0.1) is 0 Å². The average Bonchev–Trinajstić information content (AvgIpc) is 3.11. The van der Waals surface area contributed by atoms with E-state index in [-0.39, 0.29) is 10.6 Å². The number of pyridine rings is 1. The number of benzene rings is 1. The summed E-state index contributed by atoms with van der Waals surface area (Å²) in [6, 6.07) is 11.1. The van der Waals surface area contributed by atoms with Gasteiger partial charge in [-0.3, -0.25) is 9.78 Å². The monoisotopic (exact) mass is 369 g/mol. The lowest BCUT2D eigenvalue weighted by Crippen LogP contribution is -2.17. The maximum absolute atomic E-state index is 11.8. The molecular formula is C18H12ClN3O4. The second kappa shape index (κ2) is 7.62. The summed E-state index contributed by atoms with van der Waals surface area (Å²) in [5, 5.41) is 13.1. The molecule has 2 heterocycles. The Morgan fingerprint density at radius 1 is 1.23 bits per heavy atom. The van der Waals surface area contributed by atoms with Gasteiger partial charge in [0.2, 0.25) is 0 Å². The highest BCUT2D eigenvalue weighted by molar-refractivity contribution is 6.33. The van der Waals surface area contributed by atoms with Gasteiger partial charge in [-0.05, 0) is 42.5 Å². The van der Waals surface area contributed by atoms with Crippen molar-refractivity contribution in [1.82, 2.24) is 10.4 Å². The van der Waals surface area contributed by atoms with E-state index in [1.54, 1.807) is 36.5 Å². The molecule has 0 saturated heterocycles. The fourth-order valence-electron chi connectivity index (χ4n) is 2.14. The molecule has 0 bridgehead atoms. The number of halogens is 1. The van der Waals surface area contributed by atoms with Gasteiger partial charge in [0.1, 0.15) is 11.5 Å². The lowest BCUT2D eigenvalue weighted by molar-refractivity contribution is 0.0697. The minimum absolute atomic E-state index is 0.0143. The fourth-order valence-corrected chi connectivity index (χ4v) is 2.33. The van der Waals surface area contributed by atoms with E-state index in [4.69, 9.17) is 21.1 Å². The first-order chi connectivity index (χ1) is 12.5. The number of nitrogens with one attached hydrogen (secondary N) is 1. The molecular weight excluding hydrogens is 358 g/mol. The number of hydrogen-bond acceptors (Lipinski definition) is 5. The Morgan fingerprint density at radius 3 is 2.81 bits per heavy atom. The summed E-state index contributed by atoms with van der Waals surface area (Å²) in [6.45, 7) is 0. The van der Waals surface area contributed by atoms with Crippen molar-refractivity contribution in [3.63, 3.8) is 0 Å². The Hall–Kier alpha value is -3.45. The van der Waals surface area contributed by atoms with Gasteiger partial charge < -0.3 is 9.52 Å². The highest BCUT2D eigenvalue weighted by Gasteiger charge is 2.12. The van der Waals surface area contributed by atoms with Crippen molar-refractivity contribution < 1.29 is 19.1 Å². The van der Waals surface area contributed by atoms with E-state index in [0.717, 1.165) is 0 Å². The standard InChI is InChI=1S/C18H12ClN3O4/c19-15-5-3-11(8-14(15)18(24)25)16-6-4-13(26-16)10-21-22-17(23)12-2-1-7-20-9-12/h1-10H,(H,22,23)(H,24,25)/b21-10-. The molecule has 26 heavy (non-hydrogen) atoms. The Kier molecular flexibility index (Phi) is 5.09. The lowest BCUT2D eigenvalue weighted by Gasteiger charge is -2.02. The number of carbonyl (C=O) groups excluding carboxylic acids is 1. The van der Waals surface area contributed by atoms with E-state index in [1.165, 1.54) is 24.5 Å². The number of carboxylic acid groups (broad SMARTS) is 1. The number of hydrazone groups is 1. The van der Waals surface area contributed by atoms with Gasteiger partial charge in [-0.15, -0.1) is 0 Å². The summed E-state index contributed by atoms with van der Waals surface area (Å²) in [5.41, 5.74) is 3.29. The zero-order chi connectivity index (χ0) is 18.5. The maximum Gasteiger partial charge on any atom is 0.337 e. The van der Waals surface area contributed by atoms with Crippen molar-refractivity contribution in [3.8, 4) is 11.3 Å². The van der Waals surface area contributed by atoms with Crippen LogP contribution in [0.1, 0.15) is 26.5 Å². The molecule has 0 aliphatic carbocycles. The Bertz CT molecular complexity index is 983. The number of hydrogen-bond donors (Lipinski definition) is 2. The third kappa shape index (κ3) is 3.96. The van der Waals surface area contributed by atoms with Crippen molar-refractivity contribution in [2.24, 2.45) is 5.10 Å². The number of nitrogens with zero attached hydrogens (tertiary/aromatic N) is 2. The largest absolute Gasteiger partial charge is 0.478 e. The summed E-state index contributed by atoms with van der Waals surface area (Å²) in [6.07, 6.45) is 4.33. The number of aromatic carboxylic acids is 1. The van der Waals surface area contributed by atoms with Crippen molar-refractivity contribution in [2.45, 2.75) is 0 Å². The van der Waals surface area contributed by atoms with E-state index >= 15 is 0 Å². The van der Waals surface area contributed by atoms with Crippen molar-refractivity contribution in [3.05, 3.63) is 76.8 Å². The molecule has 0 unspecified atom stereocenters. The summed E-state index contributed by atoms with van der Waals surface area (Å²) >= 11 is 5.86. The highest BCUT2D eigenvalue weighted by atomic mass is 35.5. The molecule has 0 atom stereocenters. The van der Waals surface area contributed by atoms with Gasteiger partial charge in [0.05, 0.1) is 22.4 Å². The van der Waals surface area contributed by atoms with E-state index in [1.807, 2.05) is 0 Å². The third-order valence-electron chi connectivity index (χ3n) is 3.39. The SMILES string of the molecule is O=C(N/N=C\c1ccc(-c2ccc(Cl)c(C(=O)O)c2)o1)c1cccnc1. The first-order valence-corrected chi connectivity index (χ1v) is 7.79. The van der Waals surface area contributed by atoms with Gasteiger partial charge in [0.15, 0.2) is 0 Å². The molecule has 0 aliphatic heterocycles. The molecule has 0 saturated carbocycles. The topological polar surface area (TPSA) is 105 Å². The van der Waals surface area contributed by atoms with Crippen LogP contribution >= 0.6 is 11.6 Å². The molecule has 2 N–H and O–H groups in total. The predicted molar refractivity (Wildman–Crippen MR) is 95.4 cm³/mol. The Balaban J connectivity index is 1.71. The smallest absolute Gasteiger partial charge is 0.337 e. The van der Waals surface area contributed by atoms with Crippen molar-refractivity contribution in [2.75, 3.05) is 0 Å². The molecule has 3 aromatic rings. The quantitative estimate of drug-likeness (QED) is 0.529. The molecule has 0 radical (unpaired) electrons. The minimum Gasteiger partial charge on any atom is -0.478 e. The molecule has 0 fully saturated rings. The van der Waals surface area contributed by atoms with Gasteiger partial charge in [-0.2, -0.15) is 5.10 Å². The van der Waals surface area contributed by atoms with Crippen molar-refractivity contribution in [1.29, 1.82) is 0 Å². The molecule has 130 valence electrons. The first kappa shape index (κ1) is 17.4. The van der Waals surface area contributed by atoms with Gasteiger partial charge in [0.25, 0.3) is 5.91 Å².